The van der Waals surface area contributed by atoms with Crippen molar-refractivity contribution in [2.75, 3.05) is 13.2 Å². The van der Waals surface area contributed by atoms with Crippen LogP contribution in [0.25, 0.3) is 0 Å². The molecule has 0 bridgehead atoms. The van der Waals surface area contributed by atoms with Crippen molar-refractivity contribution in [1.29, 1.82) is 0 Å². The molecular weight excluding hydrogens is 230 g/mol. The monoisotopic (exact) mass is 257 g/mol. The van der Waals surface area contributed by atoms with Crippen LogP contribution in [0.2, 0.25) is 0 Å². The predicted molar refractivity (Wildman–Crippen MR) is 71.3 cm³/mol. The van der Waals surface area contributed by atoms with Crippen molar-refractivity contribution in [2.24, 2.45) is 5.92 Å². The summed E-state index contributed by atoms with van der Waals surface area (Å²) in [6.45, 7) is 4.67. The van der Waals surface area contributed by atoms with Crippen LogP contribution in [0.4, 0.5) is 0 Å². The Hall–Kier alpha value is -0.610. The van der Waals surface area contributed by atoms with Gasteiger partial charge in [0, 0.05) is 18.7 Å². The zero-order valence-corrected chi connectivity index (χ0v) is 11.7. The van der Waals surface area contributed by atoms with Crippen molar-refractivity contribution in [3.05, 3.63) is 0 Å². The minimum atomic E-state index is -0.0424. The Balaban J connectivity index is 2.40. The zero-order chi connectivity index (χ0) is 13.4. The summed E-state index contributed by atoms with van der Waals surface area (Å²) in [5.41, 5.74) is 0. The van der Waals surface area contributed by atoms with Crippen LogP contribution in [0.1, 0.15) is 52.4 Å². The summed E-state index contributed by atoms with van der Waals surface area (Å²) in [5.74, 6) is 0.0158. The largest absolute Gasteiger partial charge is 0.466 e. The Morgan fingerprint density at radius 2 is 2.22 bits per heavy atom. The summed E-state index contributed by atoms with van der Waals surface area (Å²) in [6.07, 6.45) is 5.83. The minimum absolute atomic E-state index is 0.0424. The molecule has 4 heteroatoms. The van der Waals surface area contributed by atoms with Gasteiger partial charge in [0.1, 0.15) is 0 Å². The van der Waals surface area contributed by atoms with Crippen molar-refractivity contribution in [1.82, 2.24) is 5.32 Å². The molecule has 0 aliphatic heterocycles. The third-order valence-electron chi connectivity index (χ3n) is 3.74. The fourth-order valence-electron chi connectivity index (χ4n) is 2.71. The third kappa shape index (κ3) is 4.94. The predicted octanol–water partition coefficient (Wildman–Crippen LogP) is 1.86. The molecule has 3 atom stereocenters. The third-order valence-corrected chi connectivity index (χ3v) is 3.74. The summed E-state index contributed by atoms with van der Waals surface area (Å²) < 4.78 is 5.10. The second kappa shape index (κ2) is 8.48. The Labute approximate surface area is 110 Å². The first kappa shape index (κ1) is 15.4. The van der Waals surface area contributed by atoms with Gasteiger partial charge in [0.15, 0.2) is 0 Å². The van der Waals surface area contributed by atoms with Gasteiger partial charge in [-0.3, -0.25) is 4.79 Å². The topological polar surface area (TPSA) is 58.6 Å². The summed E-state index contributed by atoms with van der Waals surface area (Å²) in [6, 6.07) is 0.755. The molecule has 106 valence electrons. The van der Waals surface area contributed by atoms with E-state index in [0.29, 0.717) is 18.7 Å². The first-order valence-corrected chi connectivity index (χ1v) is 7.24. The molecule has 1 fully saturated rings. The second-order valence-corrected chi connectivity index (χ2v) is 5.10. The fraction of sp³-hybridized carbons (Fsp3) is 0.929. The van der Waals surface area contributed by atoms with E-state index >= 15 is 0 Å². The number of hydrogen-bond acceptors (Lipinski definition) is 4. The molecule has 0 amide bonds. The summed E-state index contributed by atoms with van der Waals surface area (Å²) in [7, 11) is 0. The number of rotatable bonds is 7. The molecule has 1 saturated carbocycles. The number of aliphatic hydroxyl groups is 1. The SMILES string of the molecule is CCOC(=O)C1CCCC(NC(CC)CCO)C1. The number of hydrogen-bond donors (Lipinski definition) is 2. The number of ether oxygens (including phenoxy) is 1. The highest BCUT2D eigenvalue weighted by Gasteiger charge is 2.28. The molecule has 2 N–H and O–H groups in total. The normalized spacial score (nSPS) is 25.7. The molecule has 1 aliphatic rings. The summed E-state index contributed by atoms with van der Waals surface area (Å²) in [4.78, 5) is 11.7. The van der Waals surface area contributed by atoms with Crippen LogP contribution in [-0.2, 0) is 9.53 Å². The quantitative estimate of drug-likeness (QED) is 0.683. The van der Waals surface area contributed by atoms with Gasteiger partial charge < -0.3 is 15.2 Å². The van der Waals surface area contributed by atoms with E-state index in [0.717, 1.165) is 38.5 Å². The summed E-state index contributed by atoms with van der Waals surface area (Å²) >= 11 is 0. The highest BCUT2D eigenvalue weighted by atomic mass is 16.5. The van der Waals surface area contributed by atoms with Gasteiger partial charge in [0.2, 0.25) is 0 Å². The van der Waals surface area contributed by atoms with Crippen LogP contribution in [0.3, 0.4) is 0 Å². The lowest BCUT2D eigenvalue weighted by atomic mass is 9.85. The van der Waals surface area contributed by atoms with Gasteiger partial charge >= 0.3 is 5.97 Å². The molecule has 0 spiro atoms. The van der Waals surface area contributed by atoms with E-state index in [1.807, 2.05) is 6.92 Å². The van der Waals surface area contributed by atoms with Crippen LogP contribution in [0, 0.1) is 5.92 Å². The Morgan fingerprint density at radius 1 is 1.44 bits per heavy atom. The van der Waals surface area contributed by atoms with Gasteiger partial charge in [0.05, 0.1) is 12.5 Å². The van der Waals surface area contributed by atoms with Crippen LogP contribution >= 0.6 is 0 Å². The lowest BCUT2D eigenvalue weighted by Crippen LogP contribution is -2.42. The Kier molecular flexibility index (Phi) is 7.28. The zero-order valence-electron chi connectivity index (χ0n) is 11.7. The van der Waals surface area contributed by atoms with E-state index in [9.17, 15) is 4.79 Å². The molecule has 1 rings (SSSR count). The van der Waals surface area contributed by atoms with E-state index in [-0.39, 0.29) is 18.5 Å². The van der Waals surface area contributed by atoms with E-state index < -0.39 is 0 Å². The van der Waals surface area contributed by atoms with Crippen molar-refractivity contribution in [3.8, 4) is 0 Å². The number of nitrogens with one attached hydrogen (secondary N) is 1. The van der Waals surface area contributed by atoms with E-state index in [1.165, 1.54) is 0 Å². The number of carbonyl (C=O) groups excluding carboxylic acids is 1. The van der Waals surface area contributed by atoms with Crippen LogP contribution in [0.15, 0.2) is 0 Å². The van der Waals surface area contributed by atoms with Crippen LogP contribution in [0.5, 0.6) is 0 Å². The maximum Gasteiger partial charge on any atom is 0.308 e. The molecule has 0 aromatic rings. The molecule has 0 saturated heterocycles. The molecule has 0 aromatic heterocycles. The smallest absolute Gasteiger partial charge is 0.308 e. The lowest BCUT2D eigenvalue weighted by molar-refractivity contribution is -0.149. The average Bonchev–Trinajstić information content (AvgIpc) is 2.39. The molecule has 1 aliphatic carbocycles. The van der Waals surface area contributed by atoms with Gasteiger partial charge in [-0.2, -0.15) is 0 Å². The van der Waals surface area contributed by atoms with Gasteiger partial charge in [-0.25, -0.2) is 0 Å². The first-order valence-electron chi connectivity index (χ1n) is 7.24. The van der Waals surface area contributed by atoms with Crippen LogP contribution < -0.4 is 5.32 Å². The van der Waals surface area contributed by atoms with Crippen molar-refractivity contribution >= 4 is 5.97 Å². The maximum absolute atomic E-state index is 11.7. The Bertz CT molecular complexity index is 245. The van der Waals surface area contributed by atoms with Gasteiger partial charge in [0.25, 0.3) is 0 Å². The highest BCUT2D eigenvalue weighted by Crippen LogP contribution is 2.26. The fourth-order valence-corrected chi connectivity index (χ4v) is 2.71. The van der Waals surface area contributed by atoms with E-state index in [4.69, 9.17) is 9.84 Å². The van der Waals surface area contributed by atoms with Gasteiger partial charge in [-0.05, 0) is 39.0 Å². The number of aliphatic hydroxyl groups excluding tert-OH is 1. The average molecular weight is 257 g/mol. The molecule has 0 radical (unpaired) electrons. The standard InChI is InChI=1S/C14H27NO3/c1-3-12(8-9-16)15-13-7-5-6-11(10-13)14(17)18-4-2/h11-13,15-16H,3-10H2,1-2H3. The van der Waals surface area contributed by atoms with Crippen molar-refractivity contribution in [3.63, 3.8) is 0 Å². The molecular formula is C14H27NO3. The minimum Gasteiger partial charge on any atom is -0.466 e. The van der Waals surface area contributed by atoms with E-state index in [2.05, 4.69) is 12.2 Å². The van der Waals surface area contributed by atoms with E-state index in [1.54, 1.807) is 0 Å². The second-order valence-electron chi connectivity index (χ2n) is 5.10. The van der Waals surface area contributed by atoms with Crippen molar-refractivity contribution in [2.45, 2.75) is 64.5 Å². The molecule has 18 heavy (non-hydrogen) atoms. The first-order chi connectivity index (χ1) is 8.71. The summed E-state index contributed by atoms with van der Waals surface area (Å²) in [5, 5.41) is 12.6. The molecule has 0 heterocycles. The Morgan fingerprint density at radius 3 is 2.83 bits per heavy atom. The molecule has 4 nitrogen and oxygen atoms in total. The van der Waals surface area contributed by atoms with Gasteiger partial charge in [-0.1, -0.05) is 13.3 Å². The van der Waals surface area contributed by atoms with Gasteiger partial charge in [-0.15, -0.1) is 0 Å². The molecule has 0 aromatic carbocycles. The maximum atomic E-state index is 11.7. The number of esters is 1. The lowest BCUT2D eigenvalue weighted by Gasteiger charge is -2.31. The molecule has 3 unspecified atom stereocenters. The van der Waals surface area contributed by atoms with Crippen molar-refractivity contribution < 1.29 is 14.6 Å². The number of carbonyl (C=O) groups is 1. The van der Waals surface area contributed by atoms with Crippen LogP contribution in [-0.4, -0.2) is 36.4 Å². The highest BCUT2D eigenvalue weighted by molar-refractivity contribution is 5.72.